The average molecular weight is 201 g/mol. The van der Waals surface area contributed by atoms with Crippen LogP contribution in [0.25, 0.3) is 0 Å². The van der Waals surface area contributed by atoms with Crippen LogP contribution in [-0.4, -0.2) is 4.98 Å². The van der Waals surface area contributed by atoms with Gasteiger partial charge in [0.25, 0.3) is 0 Å². The number of aromatic nitrogens is 1. The zero-order valence-corrected chi connectivity index (χ0v) is 9.06. The first kappa shape index (κ1) is 9.93. The predicted molar refractivity (Wildman–Crippen MR) is 57.3 cm³/mol. The van der Waals surface area contributed by atoms with Gasteiger partial charge in [-0.05, 0) is 25.1 Å². The van der Waals surface area contributed by atoms with E-state index in [9.17, 15) is 0 Å². The van der Waals surface area contributed by atoms with Gasteiger partial charge >= 0.3 is 0 Å². The van der Waals surface area contributed by atoms with E-state index in [0.29, 0.717) is 0 Å². The summed E-state index contributed by atoms with van der Waals surface area (Å²) in [5, 5.41) is 2.13. The first-order chi connectivity index (χ1) is 5.83. The van der Waals surface area contributed by atoms with Gasteiger partial charge < -0.3 is 4.98 Å². The average Bonchev–Trinajstić information content (AvgIpc) is 2.45. The number of thiazole rings is 1. The van der Waals surface area contributed by atoms with Crippen LogP contribution in [-0.2, 0) is 6.42 Å². The van der Waals surface area contributed by atoms with Crippen molar-refractivity contribution < 1.29 is 0 Å². The highest BCUT2D eigenvalue weighted by Gasteiger charge is 1.94. The summed E-state index contributed by atoms with van der Waals surface area (Å²) >= 11 is 6.62. The number of hydrogen-bond donors (Lipinski definition) is 1. The highest BCUT2D eigenvalue weighted by Crippen LogP contribution is 2.09. The summed E-state index contributed by atoms with van der Waals surface area (Å²) in [6.07, 6.45) is 6.44. The van der Waals surface area contributed by atoms with Crippen LogP contribution in [0.1, 0.15) is 38.3 Å². The van der Waals surface area contributed by atoms with Crippen LogP contribution in [0.5, 0.6) is 0 Å². The molecule has 12 heavy (non-hydrogen) atoms. The molecule has 0 bridgehead atoms. The molecular formula is C9H15NS2. The van der Waals surface area contributed by atoms with Gasteiger partial charge in [0.15, 0.2) is 3.95 Å². The molecule has 0 amide bonds. The largest absolute Gasteiger partial charge is 0.341 e. The Morgan fingerprint density at radius 3 is 2.83 bits per heavy atom. The molecule has 0 unspecified atom stereocenters. The molecule has 1 N–H and O–H groups in total. The molecule has 0 spiro atoms. The summed E-state index contributed by atoms with van der Waals surface area (Å²) < 4.78 is 0.903. The van der Waals surface area contributed by atoms with E-state index in [2.05, 4.69) is 17.3 Å². The molecule has 0 aliphatic heterocycles. The van der Waals surface area contributed by atoms with Crippen molar-refractivity contribution in [3.05, 3.63) is 15.0 Å². The standard InChI is InChI=1S/C9H15NS2/c1-2-3-4-5-6-8-7-12-9(11)10-8/h7H,2-6H2,1H3,(H,10,11). The second kappa shape index (κ2) is 5.49. The lowest BCUT2D eigenvalue weighted by atomic mass is 10.1. The smallest absolute Gasteiger partial charge is 0.158 e. The van der Waals surface area contributed by atoms with E-state index in [0.717, 1.165) is 10.4 Å². The van der Waals surface area contributed by atoms with E-state index in [1.807, 2.05) is 0 Å². The second-order valence-electron chi connectivity index (χ2n) is 2.98. The third-order valence-corrected chi connectivity index (χ3v) is 2.98. The van der Waals surface area contributed by atoms with E-state index >= 15 is 0 Å². The lowest BCUT2D eigenvalue weighted by Crippen LogP contribution is -1.84. The molecule has 0 radical (unpaired) electrons. The fourth-order valence-electron chi connectivity index (χ4n) is 1.18. The second-order valence-corrected chi connectivity index (χ2v) is 4.53. The van der Waals surface area contributed by atoms with Crippen molar-refractivity contribution in [1.29, 1.82) is 0 Å². The quantitative estimate of drug-likeness (QED) is 0.564. The van der Waals surface area contributed by atoms with Crippen LogP contribution in [0.15, 0.2) is 5.38 Å². The minimum atomic E-state index is 0.903. The van der Waals surface area contributed by atoms with Crippen molar-refractivity contribution >= 4 is 23.6 Å². The molecule has 0 saturated heterocycles. The molecule has 1 rings (SSSR count). The number of rotatable bonds is 5. The lowest BCUT2D eigenvalue weighted by Gasteiger charge is -1.96. The first-order valence-electron chi connectivity index (χ1n) is 4.49. The van der Waals surface area contributed by atoms with Gasteiger partial charge in [-0.1, -0.05) is 26.2 Å². The Balaban J connectivity index is 2.20. The van der Waals surface area contributed by atoms with Gasteiger partial charge in [-0.25, -0.2) is 0 Å². The van der Waals surface area contributed by atoms with Gasteiger partial charge in [0.05, 0.1) is 0 Å². The summed E-state index contributed by atoms with van der Waals surface area (Å²) in [5.41, 5.74) is 1.31. The fourth-order valence-corrected chi connectivity index (χ4v) is 2.07. The molecule has 0 aliphatic rings. The molecule has 3 heteroatoms. The third kappa shape index (κ3) is 3.50. The molecule has 0 fully saturated rings. The zero-order valence-electron chi connectivity index (χ0n) is 7.43. The lowest BCUT2D eigenvalue weighted by molar-refractivity contribution is 0.662. The van der Waals surface area contributed by atoms with Crippen LogP contribution in [0, 0.1) is 3.95 Å². The van der Waals surface area contributed by atoms with Crippen LogP contribution in [0.4, 0.5) is 0 Å². The van der Waals surface area contributed by atoms with Gasteiger partial charge in [0.1, 0.15) is 0 Å². The summed E-state index contributed by atoms with van der Waals surface area (Å²) in [7, 11) is 0. The molecular weight excluding hydrogens is 186 g/mol. The molecule has 1 nitrogen and oxygen atoms in total. The van der Waals surface area contributed by atoms with Crippen molar-refractivity contribution in [2.75, 3.05) is 0 Å². The molecule has 0 atom stereocenters. The van der Waals surface area contributed by atoms with Crippen LogP contribution < -0.4 is 0 Å². The predicted octanol–water partition coefficient (Wildman–Crippen LogP) is 3.93. The number of aryl methyl sites for hydroxylation is 1. The summed E-state index contributed by atoms with van der Waals surface area (Å²) in [6, 6.07) is 0. The van der Waals surface area contributed by atoms with Gasteiger partial charge in [0, 0.05) is 11.1 Å². The number of hydrogen-bond acceptors (Lipinski definition) is 2. The maximum absolute atomic E-state index is 5.00. The van der Waals surface area contributed by atoms with Crippen LogP contribution in [0.3, 0.4) is 0 Å². The highest BCUT2D eigenvalue weighted by molar-refractivity contribution is 7.73. The van der Waals surface area contributed by atoms with E-state index in [1.165, 1.54) is 31.4 Å². The minimum Gasteiger partial charge on any atom is -0.341 e. The Hall–Kier alpha value is -0.150. The van der Waals surface area contributed by atoms with Crippen molar-refractivity contribution in [3.63, 3.8) is 0 Å². The number of unbranched alkanes of at least 4 members (excludes halogenated alkanes) is 3. The van der Waals surface area contributed by atoms with Crippen molar-refractivity contribution in [3.8, 4) is 0 Å². The highest BCUT2D eigenvalue weighted by atomic mass is 32.1. The van der Waals surface area contributed by atoms with E-state index < -0.39 is 0 Å². The molecule has 1 aromatic heterocycles. The number of H-pyrrole nitrogens is 1. The first-order valence-corrected chi connectivity index (χ1v) is 5.78. The van der Waals surface area contributed by atoms with Crippen LogP contribution >= 0.6 is 23.6 Å². The Morgan fingerprint density at radius 1 is 1.42 bits per heavy atom. The maximum atomic E-state index is 5.00. The molecule has 0 aliphatic carbocycles. The Bertz CT molecular complexity index is 261. The topological polar surface area (TPSA) is 15.8 Å². The van der Waals surface area contributed by atoms with Gasteiger partial charge in [-0.15, -0.1) is 11.3 Å². The number of aromatic amines is 1. The summed E-state index contributed by atoms with van der Waals surface area (Å²) in [6.45, 7) is 2.23. The maximum Gasteiger partial charge on any atom is 0.158 e. The van der Waals surface area contributed by atoms with Gasteiger partial charge in [-0.3, -0.25) is 0 Å². The molecule has 1 heterocycles. The Kier molecular flexibility index (Phi) is 4.54. The summed E-state index contributed by atoms with van der Waals surface area (Å²) in [4.78, 5) is 3.19. The Morgan fingerprint density at radius 2 is 2.25 bits per heavy atom. The number of nitrogens with one attached hydrogen (secondary N) is 1. The monoisotopic (exact) mass is 201 g/mol. The van der Waals surface area contributed by atoms with E-state index in [1.54, 1.807) is 11.3 Å². The fraction of sp³-hybridized carbons (Fsp3) is 0.667. The molecule has 1 aromatic rings. The third-order valence-electron chi connectivity index (χ3n) is 1.87. The zero-order chi connectivity index (χ0) is 8.81. The van der Waals surface area contributed by atoms with Crippen molar-refractivity contribution in [1.82, 2.24) is 4.98 Å². The Labute approximate surface area is 82.8 Å². The molecule has 68 valence electrons. The molecule has 0 saturated carbocycles. The summed E-state index contributed by atoms with van der Waals surface area (Å²) in [5.74, 6) is 0. The normalized spacial score (nSPS) is 10.4. The van der Waals surface area contributed by atoms with Crippen molar-refractivity contribution in [2.45, 2.75) is 39.0 Å². The molecule has 0 aromatic carbocycles. The SMILES string of the molecule is CCCCCCc1csc(=S)[nH]1. The minimum absolute atomic E-state index is 0.903. The van der Waals surface area contributed by atoms with E-state index in [-0.39, 0.29) is 0 Å². The van der Waals surface area contributed by atoms with Crippen molar-refractivity contribution in [2.24, 2.45) is 0 Å². The van der Waals surface area contributed by atoms with Gasteiger partial charge in [0.2, 0.25) is 0 Å². The van der Waals surface area contributed by atoms with E-state index in [4.69, 9.17) is 12.2 Å². The van der Waals surface area contributed by atoms with Gasteiger partial charge in [-0.2, -0.15) is 0 Å². The van der Waals surface area contributed by atoms with Crippen LogP contribution in [0.2, 0.25) is 0 Å².